The summed E-state index contributed by atoms with van der Waals surface area (Å²) in [5.74, 6) is -0.497. The van der Waals surface area contributed by atoms with Gasteiger partial charge in [0, 0.05) is 0 Å². The maximum Gasteiger partial charge on any atom is 0.249 e. The van der Waals surface area contributed by atoms with Crippen LogP contribution in [0.3, 0.4) is 0 Å². The van der Waals surface area contributed by atoms with E-state index in [1.54, 1.807) is 6.08 Å². The number of aliphatic hydroxyl groups is 3. The molecule has 0 fully saturated rings. The number of aliphatic hydroxyl groups excluding tert-OH is 3. The Morgan fingerprint density at radius 3 is 0.863 bits per heavy atom. The van der Waals surface area contributed by atoms with Crippen LogP contribution in [0.1, 0.15) is 367 Å². The fourth-order valence-corrected chi connectivity index (χ4v) is 10.6. The van der Waals surface area contributed by atoms with E-state index in [1.165, 1.54) is 308 Å². The lowest BCUT2D eigenvalue weighted by Crippen LogP contribution is -2.48. The first-order chi connectivity index (χ1) is 36.1. The van der Waals surface area contributed by atoms with E-state index in [-0.39, 0.29) is 6.61 Å². The van der Waals surface area contributed by atoms with Gasteiger partial charge in [0.15, 0.2) is 0 Å². The molecule has 5 heteroatoms. The van der Waals surface area contributed by atoms with Crippen molar-refractivity contribution in [2.24, 2.45) is 0 Å². The van der Waals surface area contributed by atoms with Crippen molar-refractivity contribution in [2.75, 3.05) is 6.61 Å². The molecule has 5 nitrogen and oxygen atoms in total. The molecule has 3 atom stereocenters. The van der Waals surface area contributed by atoms with Crippen molar-refractivity contribution in [1.29, 1.82) is 0 Å². The summed E-state index contributed by atoms with van der Waals surface area (Å²) in [6.07, 6.45) is 84.1. The van der Waals surface area contributed by atoms with Gasteiger partial charge in [-0.3, -0.25) is 4.79 Å². The first-order valence-electron chi connectivity index (χ1n) is 33.3. The summed E-state index contributed by atoms with van der Waals surface area (Å²) >= 11 is 0. The Morgan fingerprint density at radius 2 is 0.589 bits per heavy atom. The molecule has 3 unspecified atom stereocenters. The van der Waals surface area contributed by atoms with Crippen molar-refractivity contribution in [1.82, 2.24) is 5.32 Å². The van der Waals surface area contributed by atoms with Crippen molar-refractivity contribution in [3.63, 3.8) is 0 Å². The molecule has 4 N–H and O–H groups in total. The minimum absolute atomic E-state index is 0.361. The highest BCUT2D eigenvalue weighted by molar-refractivity contribution is 5.80. The zero-order chi connectivity index (χ0) is 52.9. The standard InChI is InChI=1S/C68H131NO4/c1-3-5-7-9-11-13-15-17-19-21-23-25-27-29-30-31-32-33-34-35-36-37-39-41-43-45-47-49-51-53-55-57-59-61-63-67(72)68(73)69-65(64-70)66(71)62-60-58-56-54-52-50-48-46-44-42-40-38-28-26-24-22-20-18-16-14-12-10-8-6-4-2/h27,29,31-32,60,62,65-67,70-72H,3-26,28,30,33-59,61,63-64H2,1-2H3,(H,69,73)/b29-27-,32-31-,62-60+. The van der Waals surface area contributed by atoms with Gasteiger partial charge < -0.3 is 20.6 Å². The predicted octanol–water partition coefficient (Wildman–Crippen LogP) is 21.3. The van der Waals surface area contributed by atoms with E-state index in [0.717, 1.165) is 38.5 Å². The lowest BCUT2D eigenvalue weighted by atomic mass is 10.0. The van der Waals surface area contributed by atoms with Gasteiger partial charge in [0.25, 0.3) is 0 Å². The summed E-state index contributed by atoms with van der Waals surface area (Å²) in [6.45, 7) is 4.23. The van der Waals surface area contributed by atoms with Gasteiger partial charge in [-0.05, 0) is 51.4 Å². The summed E-state index contributed by atoms with van der Waals surface area (Å²) in [4.78, 5) is 12.6. The van der Waals surface area contributed by atoms with Gasteiger partial charge in [-0.15, -0.1) is 0 Å². The third kappa shape index (κ3) is 58.1. The van der Waals surface area contributed by atoms with Crippen LogP contribution in [0.15, 0.2) is 36.5 Å². The number of amides is 1. The van der Waals surface area contributed by atoms with E-state index in [4.69, 9.17) is 0 Å². The Morgan fingerprint density at radius 1 is 0.342 bits per heavy atom. The van der Waals surface area contributed by atoms with E-state index in [1.807, 2.05) is 6.08 Å². The van der Waals surface area contributed by atoms with Crippen LogP contribution in [0, 0.1) is 0 Å². The summed E-state index contributed by atoms with van der Waals surface area (Å²) in [5, 5.41) is 33.5. The lowest BCUT2D eigenvalue weighted by molar-refractivity contribution is -0.131. The van der Waals surface area contributed by atoms with Gasteiger partial charge in [-0.25, -0.2) is 0 Å². The Labute approximate surface area is 457 Å². The molecule has 0 saturated carbocycles. The fourth-order valence-electron chi connectivity index (χ4n) is 10.6. The molecule has 0 heterocycles. The monoisotopic (exact) mass is 1030 g/mol. The normalized spacial score (nSPS) is 13.3. The molecule has 0 aromatic rings. The molecule has 0 saturated heterocycles. The molecule has 0 bridgehead atoms. The van der Waals surface area contributed by atoms with E-state index >= 15 is 0 Å². The molecule has 0 rings (SSSR count). The molecule has 0 aliphatic rings. The number of carbonyl (C=O) groups is 1. The van der Waals surface area contributed by atoms with E-state index < -0.39 is 24.2 Å². The second-order valence-electron chi connectivity index (χ2n) is 23.0. The molecular formula is C68H131NO4. The molecule has 0 spiro atoms. The van der Waals surface area contributed by atoms with Crippen molar-refractivity contribution >= 4 is 5.91 Å². The van der Waals surface area contributed by atoms with Crippen molar-refractivity contribution in [2.45, 2.75) is 385 Å². The maximum atomic E-state index is 12.6. The molecule has 0 aliphatic heterocycles. The number of carbonyl (C=O) groups excluding carboxylic acids is 1. The molecule has 0 aliphatic carbocycles. The second kappa shape index (κ2) is 63.1. The van der Waals surface area contributed by atoms with E-state index in [0.29, 0.717) is 6.42 Å². The Kier molecular flexibility index (Phi) is 61.9. The van der Waals surface area contributed by atoms with Crippen LogP contribution in [0.2, 0.25) is 0 Å². The van der Waals surface area contributed by atoms with Crippen LogP contribution < -0.4 is 5.32 Å². The number of allylic oxidation sites excluding steroid dienone is 5. The van der Waals surface area contributed by atoms with Crippen LogP contribution in [-0.2, 0) is 4.79 Å². The Balaban J connectivity index is 3.51. The van der Waals surface area contributed by atoms with Crippen LogP contribution in [-0.4, -0.2) is 46.1 Å². The molecule has 0 aromatic heterocycles. The average molecular weight is 1030 g/mol. The van der Waals surface area contributed by atoms with Crippen LogP contribution in [0.25, 0.3) is 0 Å². The van der Waals surface area contributed by atoms with Crippen LogP contribution >= 0.6 is 0 Å². The van der Waals surface area contributed by atoms with Crippen LogP contribution in [0.5, 0.6) is 0 Å². The average Bonchev–Trinajstić information content (AvgIpc) is 3.40. The number of unbranched alkanes of at least 4 members (excludes halogenated alkanes) is 50. The minimum Gasteiger partial charge on any atom is -0.394 e. The van der Waals surface area contributed by atoms with Crippen molar-refractivity contribution in [3.05, 3.63) is 36.5 Å². The zero-order valence-electron chi connectivity index (χ0n) is 49.5. The SMILES string of the molecule is CCCCCCCCCCCCC/C=C\C/C=C\CCCCCCCCCCCCCCCCCCC(O)C(=O)NC(CO)C(O)/C=C/CCCCCCCCCCCCCCCCCCCCCCCCC. The summed E-state index contributed by atoms with van der Waals surface area (Å²) in [6, 6.07) is -0.799. The summed E-state index contributed by atoms with van der Waals surface area (Å²) in [7, 11) is 0. The number of hydrogen-bond acceptors (Lipinski definition) is 4. The molecule has 432 valence electrons. The largest absolute Gasteiger partial charge is 0.394 e. The second-order valence-corrected chi connectivity index (χ2v) is 23.0. The van der Waals surface area contributed by atoms with Gasteiger partial charge in [0.2, 0.25) is 5.91 Å². The number of rotatable bonds is 62. The molecule has 1 amide bonds. The molecular weight excluding hydrogens is 895 g/mol. The Hall–Kier alpha value is -1.43. The highest BCUT2D eigenvalue weighted by atomic mass is 16.3. The van der Waals surface area contributed by atoms with Crippen molar-refractivity contribution < 1.29 is 20.1 Å². The third-order valence-electron chi connectivity index (χ3n) is 15.7. The first kappa shape index (κ1) is 71.6. The zero-order valence-corrected chi connectivity index (χ0v) is 49.5. The topological polar surface area (TPSA) is 89.8 Å². The molecule has 0 aromatic carbocycles. The minimum atomic E-state index is -1.10. The molecule has 0 radical (unpaired) electrons. The highest BCUT2D eigenvalue weighted by Crippen LogP contribution is 2.19. The van der Waals surface area contributed by atoms with Crippen LogP contribution in [0.4, 0.5) is 0 Å². The van der Waals surface area contributed by atoms with Gasteiger partial charge >= 0.3 is 0 Å². The maximum absolute atomic E-state index is 12.6. The summed E-state index contributed by atoms with van der Waals surface area (Å²) < 4.78 is 0. The number of nitrogens with one attached hydrogen (secondary N) is 1. The first-order valence-corrected chi connectivity index (χ1v) is 33.3. The van der Waals surface area contributed by atoms with Gasteiger partial charge in [-0.1, -0.05) is 352 Å². The van der Waals surface area contributed by atoms with E-state index in [9.17, 15) is 20.1 Å². The van der Waals surface area contributed by atoms with Crippen molar-refractivity contribution in [3.8, 4) is 0 Å². The molecule has 73 heavy (non-hydrogen) atoms. The highest BCUT2D eigenvalue weighted by Gasteiger charge is 2.22. The van der Waals surface area contributed by atoms with Gasteiger partial charge in [-0.2, -0.15) is 0 Å². The third-order valence-corrected chi connectivity index (χ3v) is 15.7. The smallest absolute Gasteiger partial charge is 0.249 e. The lowest BCUT2D eigenvalue weighted by Gasteiger charge is -2.21. The quantitative estimate of drug-likeness (QED) is 0.0361. The Bertz CT molecular complexity index is 1130. The summed E-state index contributed by atoms with van der Waals surface area (Å²) in [5.41, 5.74) is 0. The van der Waals surface area contributed by atoms with Gasteiger partial charge in [0.1, 0.15) is 6.10 Å². The predicted molar refractivity (Wildman–Crippen MR) is 324 cm³/mol. The van der Waals surface area contributed by atoms with E-state index in [2.05, 4.69) is 43.5 Å². The fraction of sp³-hybridized carbons (Fsp3) is 0.897. The van der Waals surface area contributed by atoms with Gasteiger partial charge in [0.05, 0.1) is 18.8 Å². The number of hydrogen-bond donors (Lipinski definition) is 4.